The average molecular weight is 207 g/mol. The molecule has 3 nitrogen and oxygen atoms in total. The maximum absolute atomic E-state index is 6.15. The Labute approximate surface area is 91.7 Å². The van der Waals surface area contributed by atoms with Crippen LogP contribution in [0, 0.1) is 12.8 Å². The highest BCUT2D eigenvalue weighted by atomic mass is 15.3. The maximum atomic E-state index is 6.15. The quantitative estimate of drug-likeness (QED) is 0.803. The lowest BCUT2D eigenvalue weighted by atomic mass is 9.82. The summed E-state index contributed by atoms with van der Waals surface area (Å²) in [7, 11) is 2.02. The van der Waals surface area contributed by atoms with Crippen LogP contribution >= 0.6 is 0 Å². The lowest BCUT2D eigenvalue weighted by Crippen LogP contribution is -2.34. The van der Waals surface area contributed by atoms with Crippen LogP contribution in [0.3, 0.4) is 0 Å². The third kappa shape index (κ3) is 2.40. The minimum absolute atomic E-state index is 0.397. The van der Waals surface area contributed by atoms with Gasteiger partial charge in [0, 0.05) is 18.8 Å². The van der Waals surface area contributed by atoms with E-state index in [2.05, 4.69) is 11.2 Å². The van der Waals surface area contributed by atoms with Crippen LogP contribution in [0.15, 0.2) is 6.07 Å². The predicted octanol–water partition coefficient (Wildman–Crippen LogP) is 1.79. The van der Waals surface area contributed by atoms with Crippen molar-refractivity contribution in [1.82, 2.24) is 9.78 Å². The largest absolute Gasteiger partial charge is 0.327 e. The fraction of sp³-hybridized carbons (Fsp3) is 0.750. The molecule has 0 bridgehead atoms. The molecule has 1 fully saturated rings. The Balaban J connectivity index is 2.04. The zero-order valence-electron chi connectivity index (χ0n) is 9.74. The van der Waals surface area contributed by atoms with E-state index in [0.717, 1.165) is 12.1 Å². The number of hydrogen-bond acceptors (Lipinski definition) is 2. The number of nitrogens with two attached hydrogens (primary N) is 1. The van der Waals surface area contributed by atoms with Crippen LogP contribution in [0.5, 0.6) is 0 Å². The molecule has 2 rings (SSSR count). The summed E-state index contributed by atoms with van der Waals surface area (Å²) in [6, 6.07) is 2.58. The molecule has 0 amide bonds. The van der Waals surface area contributed by atoms with Gasteiger partial charge in [0.15, 0.2) is 0 Å². The van der Waals surface area contributed by atoms with Gasteiger partial charge in [0.2, 0.25) is 0 Å². The standard InChI is InChI=1S/C12H21N3/c1-9-7-11(15(2)14-9)8-10-5-3-4-6-12(10)13/h7,10,12H,3-6,8,13H2,1-2H3. The molecule has 0 aromatic carbocycles. The summed E-state index contributed by atoms with van der Waals surface area (Å²) in [6.07, 6.45) is 6.22. The molecular formula is C12H21N3. The van der Waals surface area contributed by atoms with Gasteiger partial charge in [0.1, 0.15) is 0 Å². The Kier molecular flexibility index (Phi) is 3.10. The topological polar surface area (TPSA) is 43.8 Å². The average Bonchev–Trinajstić information content (AvgIpc) is 2.49. The van der Waals surface area contributed by atoms with Crippen molar-refractivity contribution in [3.63, 3.8) is 0 Å². The molecule has 3 heteroatoms. The lowest BCUT2D eigenvalue weighted by molar-refractivity contribution is 0.302. The summed E-state index contributed by atoms with van der Waals surface area (Å²) in [5.41, 5.74) is 8.59. The first kappa shape index (κ1) is 10.7. The summed E-state index contributed by atoms with van der Waals surface area (Å²) in [4.78, 5) is 0. The molecule has 0 aliphatic heterocycles. The Hall–Kier alpha value is -0.830. The molecule has 2 unspecified atom stereocenters. The van der Waals surface area contributed by atoms with E-state index in [0.29, 0.717) is 12.0 Å². The van der Waals surface area contributed by atoms with Crippen LogP contribution in [0.1, 0.15) is 37.1 Å². The fourth-order valence-electron chi connectivity index (χ4n) is 2.61. The van der Waals surface area contributed by atoms with E-state index in [4.69, 9.17) is 5.73 Å². The highest BCUT2D eigenvalue weighted by Crippen LogP contribution is 2.26. The van der Waals surface area contributed by atoms with Gasteiger partial charge < -0.3 is 5.73 Å². The van der Waals surface area contributed by atoms with E-state index < -0.39 is 0 Å². The highest BCUT2D eigenvalue weighted by molar-refractivity contribution is 5.10. The van der Waals surface area contributed by atoms with Crippen LogP contribution in [0.2, 0.25) is 0 Å². The van der Waals surface area contributed by atoms with E-state index in [1.54, 1.807) is 0 Å². The summed E-state index contributed by atoms with van der Waals surface area (Å²) in [5.74, 6) is 0.661. The number of hydrogen-bond donors (Lipinski definition) is 1. The second kappa shape index (κ2) is 4.35. The Morgan fingerprint density at radius 3 is 2.80 bits per heavy atom. The van der Waals surface area contributed by atoms with Gasteiger partial charge in [-0.3, -0.25) is 4.68 Å². The summed E-state index contributed by atoms with van der Waals surface area (Å²) < 4.78 is 2.00. The molecule has 15 heavy (non-hydrogen) atoms. The minimum atomic E-state index is 0.397. The second-order valence-corrected chi connectivity index (χ2v) is 4.81. The first-order chi connectivity index (χ1) is 7.16. The van der Waals surface area contributed by atoms with Crippen LogP contribution in [-0.2, 0) is 13.5 Å². The van der Waals surface area contributed by atoms with Crippen molar-refractivity contribution < 1.29 is 0 Å². The fourth-order valence-corrected chi connectivity index (χ4v) is 2.61. The summed E-state index contributed by atoms with van der Waals surface area (Å²) in [5, 5.41) is 4.38. The van der Waals surface area contributed by atoms with E-state index >= 15 is 0 Å². The molecule has 84 valence electrons. The van der Waals surface area contributed by atoms with Crippen molar-refractivity contribution in [2.24, 2.45) is 18.7 Å². The van der Waals surface area contributed by atoms with E-state index in [-0.39, 0.29) is 0 Å². The minimum Gasteiger partial charge on any atom is -0.327 e. The number of aryl methyl sites for hydroxylation is 2. The molecule has 0 radical (unpaired) electrons. The van der Waals surface area contributed by atoms with E-state index in [9.17, 15) is 0 Å². The Morgan fingerprint density at radius 2 is 2.20 bits per heavy atom. The SMILES string of the molecule is Cc1cc(CC2CCCCC2N)n(C)n1. The third-order valence-corrected chi connectivity index (χ3v) is 3.54. The molecule has 2 atom stereocenters. The normalized spacial score (nSPS) is 26.9. The van der Waals surface area contributed by atoms with Gasteiger partial charge in [-0.25, -0.2) is 0 Å². The molecule has 1 aliphatic carbocycles. The van der Waals surface area contributed by atoms with Gasteiger partial charge >= 0.3 is 0 Å². The van der Waals surface area contributed by atoms with Crippen molar-refractivity contribution in [3.8, 4) is 0 Å². The summed E-state index contributed by atoms with van der Waals surface area (Å²) >= 11 is 0. The van der Waals surface area contributed by atoms with Crippen LogP contribution in [-0.4, -0.2) is 15.8 Å². The van der Waals surface area contributed by atoms with E-state index in [1.165, 1.54) is 31.4 Å². The molecule has 1 aromatic heterocycles. The number of nitrogens with zero attached hydrogens (tertiary/aromatic N) is 2. The Morgan fingerprint density at radius 1 is 1.47 bits per heavy atom. The van der Waals surface area contributed by atoms with Gasteiger partial charge in [0.05, 0.1) is 5.69 Å². The van der Waals surface area contributed by atoms with Crippen molar-refractivity contribution in [2.45, 2.75) is 45.1 Å². The zero-order chi connectivity index (χ0) is 10.8. The molecule has 1 aromatic rings. The van der Waals surface area contributed by atoms with Crippen LogP contribution in [0.25, 0.3) is 0 Å². The molecule has 2 N–H and O–H groups in total. The first-order valence-electron chi connectivity index (χ1n) is 5.92. The molecule has 1 heterocycles. The van der Waals surface area contributed by atoms with Crippen LogP contribution < -0.4 is 5.73 Å². The number of aromatic nitrogens is 2. The molecular weight excluding hydrogens is 186 g/mol. The Bertz CT molecular complexity index is 330. The smallest absolute Gasteiger partial charge is 0.0596 e. The van der Waals surface area contributed by atoms with Gasteiger partial charge in [-0.05, 0) is 38.2 Å². The molecule has 0 saturated heterocycles. The van der Waals surface area contributed by atoms with Crippen LogP contribution in [0.4, 0.5) is 0 Å². The monoisotopic (exact) mass is 207 g/mol. The summed E-state index contributed by atoms with van der Waals surface area (Å²) in [6.45, 7) is 2.05. The molecule has 1 aliphatic rings. The highest BCUT2D eigenvalue weighted by Gasteiger charge is 2.22. The second-order valence-electron chi connectivity index (χ2n) is 4.81. The van der Waals surface area contributed by atoms with Gasteiger partial charge in [0.25, 0.3) is 0 Å². The molecule has 1 saturated carbocycles. The number of rotatable bonds is 2. The zero-order valence-corrected chi connectivity index (χ0v) is 9.74. The van der Waals surface area contributed by atoms with Crippen molar-refractivity contribution >= 4 is 0 Å². The van der Waals surface area contributed by atoms with Crippen molar-refractivity contribution in [1.29, 1.82) is 0 Å². The van der Waals surface area contributed by atoms with Gasteiger partial charge in [-0.15, -0.1) is 0 Å². The van der Waals surface area contributed by atoms with Crippen molar-refractivity contribution in [2.75, 3.05) is 0 Å². The van der Waals surface area contributed by atoms with Crippen molar-refractivity contribution in [3.05, 3.63) is 17.5 Å². The maximum Gasteiger partial charge on any atom is 0.0596 e. The van der Waals surface area contributed by atoms with Gasteiger partial charge in [-0.1, -0.05) is 12.8 Å². The van der Waals surface area contributed by atoms with E-state index in [1.807, 2.05) is 18.7 Å². The van der Waals surface area contributed by atoms with Gasteiger partial charge in [-0.2, -0.15) is 5.10 Å². The predicted molar refractivity (Wildman–Crippen MR) is 61.6 cm³/mol. The molecule has 0 spiro atoms. The third-order valence-electron chi connectivity index (χ3n) is 3.54. The first-order valence-corrected chi connectivity index (χ1v) is 5.92. The lowest BCUT2D eigenvalue weighted by Gasteiger charge is -2.28.